The number of nitrogens with zero attached hydrogens (tertiary/aromatic N) is 3. The van der Waals surface area contributed by atoms with E-state index in [2.05, 4.69) is 10.1 Å². The first-order valence-electron chi connectivity index (χ1n) is 9.52. The highest BCUT2D eigenvalue weighted by Crippen LogP contribution is 2.26. The van der Waals surface area contributed by atoms with Crippen molar-refractivity contribution in [1.29, 1.82) is 0 Å². The highest BCUT2D eigenvalue weighted by Gasteiger charge is 2.27. The summed E-state index contributed by atoms with van der Waals surface area (Å²) in [5.41, 5.74) is 0. The molecular weight excluding hydrogens is 322 g/mol. The topological polar surface area (TPSA) is 77.7 Å². The Morgan fingerprint density at radius 1 is 1.32 bits per heavy atom. The normalized spacial score (nSPS) is 22.3. The zero-order valence-electron chi connectivity index (χ0n) is 15.1. The number of carbonyl (C=O) groups excluding carboxylic acids is 1. The van der Waals surface area contributed by atoms with Crippen LogP contribution in [0.1, 0.15) is 56.7 Å². The maximum Gasteiger partial charge on any atom is 0.231 e. The average molecular weight is 351 g/mol. The molecule has 2 fully saturated rings. The monoisotopic (exact) mass is 351 g/mol. The number of amides is 1. The molecule has 1 aromatic rings. The predicted molar refractivity (Wildman–Crippen MR) is 91.2 cm³/mol. The molecule has 3 heterocycles. The van der Waals surface area contributed by atoms with Gasteiger partial charge in [-0.3, -0.25) is 4.79 Å². The van der Waals surface area contributed by atoms with Crippen molar-refractivity contribution in [3.05, 3.63) is 11.7 Å². The van der Waals surface area contributed by atoms with Crippen LogP contribution in [0.4, 0.5) is 0 Å². The van der Waals surface area contributed by atoms with Crippen LogP contribution in [0.3, 0.4) is 0 Å². The molecule has 0 bridgehead atoms. The lowest BCUT2D eigenvalue weighted by atomic mass is 9.98. The van der Waals surface area contributed by atoms with Crippen molar-refractivity contribution in [1.82, 2.24) is 15.0 Å². The van der Waals surface area contributed by atoms with E-state index in [1.54, 1.807) is 0 Å². The lowest BCUT2D eigenvalue weighted by Gasteiger charge is -2.30. The first-order chi connectivity index (χ1) is 12.3. The van der Waals surface area contributed by atoms with Gasteiger partial charge in [-0.15, -0.1) is 0 Å². The number of piperidine rings is 1. The van der Waals surface area contributed by atoms with E-state index in [1.807, 2.05) is 11.8 Å². The van der Waals surface area contributed by atoms with E-state index in [0.29, 0.717) is 43.6 Å². The molecule has 7 nitrogen and oxygen atoms in total. The fourth-order valence-electron chi connectivity index (χ4n) is 3.49. The van der Waals surface area contributed by atoms with E-state index in [1.165, 1.54) is 0 Å². The first-order valence-corrected chi connectivity index (χ1v) is 9.52. The van der Waals surface area contributed by atoms with Crippen LogP contribution < -0.4 is 0 Å². The van der Waals surface area contributed by atoms with Crippen molar-refractivity contribution >= 4 is 5.91 Å². The second kappa shape index (κ2) is 9.29. The number of ether oxygens (including phenoxy) is 2. The molecule has 1 unspecified atom stereocenters. The number of aromatic nitrogens is 2. The first kappa shape index (κ1) is 18.3. The summed E-state index contributed by atoms with van der Waals surface area (Å²) >= 11 is 0. The number of rotatable bonds is 7. The molecule has 0 N–H and O–H groups in total. The van der Waals surface area contributed by atoms with E-state index >= 15 is 0 Å². The van der Waals surface area contributed by atoms with Crippen LogP contribution in [-0.4, -0.2) is 60.5 Å². The molecule has 0 radical (unpaired) electrons. The van der Waals surface area contributed by atoms with Crippen molar-refractivity contribution in [2.45, 2.75) is 51.4 Å². The standard InChI is InChI=1S/C18H29N3O4/c1-2-17(22)21-8-3-4-15(12-21)18-19-16(20-25-18)7-11-24-13-14-5-9-23-10-6-14/h14-15H,2-13H2,1H3. The Bertz CT molecular complexity index is 542. The van der Waals surface area contributed by atoms with Gasteiger partial charge in [-0.05, 0) is 31.6 Å². The molecule has 7 heteroatoms. The largest absolute Gasteiger partial charge is 0.381 e. The summed E-state index contributed by atoms with van der Waals surface area (Å²) in [6, 6.07) is 0. The van der Waals surface area contributed by atoms with E-state index in [4.69, 9.17) is 14.0 Å². The third-order valence-corrected chi connectivity index (χ3v) is 5.07. The molecule has 25 heavy (non-hydrogen) atoms. The van der Waals surface area contributed by atoms with Crippen LogP contribution in [0.25, 0.3) is 0 Å². The Kier molecular flexibility index (Phi) is 6.81. The maximum atomic E-state index is 11.9. The molecule has 1 aromatic heterocycles. The molecular formula is C18H29N3O4. The van der Waals surface area contributed by atoms with Gasteiger partial charge in [-0.2, -0.15) is 4.98 Å². The second-order valence-electron chi connectivity index (χ2n) is 6.96. The maximum absolute atomic E-state index is 11.9. The molecule has 0 spiro atoms. The van der Waals surface area contributed by atoms with Gasteiger partial charge in [0.2, 0.25) is 11.8 Å². The summed E-state index contributed by atoms with van der Waals surface area (Å²) in [4.78, 5) is 18.3. The number of likely N-dealkylation sites (tertiary alicyclic amines) is 1. The summed E-state index contributed by atoms with van der Waals surface area (Å²) in [7, 11) is 0. The third-order valence-electron chi connectivity index (χ3n) is 5.07. The lowest BCUT2D eigenvalue weighted by Crippen LogP contribution is -2.38. The molecule has 1 atom stereocenters. The van der Waals surface area contributed by atoms with Gasteiger partial charge in [0.25, 0.3) is 0 Å². The number of hydrogen-bond donors (Lipinski definition) is 0. The number of carbonyl (C=O) groups is 1. The molecule has 0 aromatic carbocycles. The van der Waals surface area contributed by atoms with E-state index < -0.39 is 0 Å². The van der Waals surface area contributed by atoms with Gasteiger partial charge in [-0.1, -0.05) is 12.1 Å². The summed E-state index contributed by atoms with van der Waals surface area (Å²) in [6.07, 6.45) is 5.36. The third kappa shape index (κ3) is 5.25. The molecule has 2 aliphatic heterocycles. The van der Waals surface area contributed by atoms with Crippen molar-refractivity contribution in [3.63, 3.8) is 0 Å². The molecule has 0 aliphatic carbocycles. The predicted octanol–water partition coefficient (Wildman–Crippen LogP) is 2.17. The Balaban J connectivity index is 1.41. The van der Waals surface area contributed by atoms with E-state index in [9.17, 15) is 4.79 Å². The summed E-state index contributed by atoms with van der Waals surface area (Å²) in [5, 5.41) is 4.08. The summed E-state index contributed by atoms with van der Waals surface area (Å²) < 4.78 is 16.6. The van der Waals surface area contributed by atoms with Gasteiger partial charge < -0.3 is 18.9 Å². The molecule has 140 valence electrons. The second-order valence-corrected chi connectivity index (χ2v) is 6.96. The van der Waals surface area contributed by atoms with Crippen LogP contribution in [0.15, 0.2) is 4.52 Å². The minimum atomic E-state index is 0.161. The Labute approximate surface area is 149 Å². The highest BCUT2D eigenvalue weighted by molar-refractivity contribution is 5.75. The minimum Gasteiger partial charge on any atom is -0.381 e. The van der Waals surface area contributed by atoms with E-state index in [-0.39, 0.29) is 11.8 Å². The summed E-state index contributed by atoms with van der Waals surface area (Å²) in [6.45, 7) is 6.52. The van der Waals surface area contributed by atoms with Crippen LogP contribution in [0.2, 0.25) is 0 Å². The molecule has 2 aliphatic rings. The van der Waals surface area contributed by atoms with E-state index in [0.717, 1.165) is 52.0 Å². The fraction of sp³-hybridized carbons (Fsp3) is 0.833. The van der Waals surface area contributed by atoms with Gasteiger partial charge in [0.15, 0.2) is 5.82 Å². The summed E-state index contributed by atoms with van der Waals surface area (Å²) in [5.74, 6) is 2.33. The van der Waals surface area contributed by atoms with Crippen LogP contribution in [0.5, 0.6) is 0 Å². The smallest absolute Gasteiger partial charge is 0.231 e. The number of hydrogen-bond acceptors (Lipinski definition) is 6. The molecule has 1 amide bonds. The van der Waals surface area contributed by atoms with Gasteiger partial charge in [0.05, 0.1) is 12.5 Å². The van der Waals surface area contributed by atoms with Crippen molar-refractivity contribution in [2.24, 2.45) is 5.92 Å². The van der Waals surface area contributed by atoms with Crippen molar-refractivity contribution in [3.8, 4) is 0 Å². The molecule has 3 rings (SSSR count). The minimum absolute atomic E-state index is 0.161. The molecule has 2 saturated heterocycles. The van der Waals surface area contributed by atoms with Gasteiger partial charge >= 0.3 is 0 Å². The van der Waals surface area contributed by atoms with Gasteiger partial charge in [0.1, 0.15) is 0 Å². The van der Waals surface area contributed by atoms with Crippen molar-refractivity contribution < 1.29 is 18.8 Å². The lowest BCUT2D eigenvalue weighted by molar-refractivity contribution is -0.132. The Morgan fingerprint density at radius 3 is 2.96 bits per heavy atom. The Morgan fingerprint density at radius 2 is 2.16 bits per heavy atom. The average Bonchev–Trinajstić information content (AvgIpc) is 3.14. The zero-order valence-corrected chi connectivity index (χ0v) is 15.1. The Hall–Kier alpha value is -1.47. The SMILES string of the molecule is CCC(=O)N1CCCC(c2nc(CCOCC3CCOCC3)no2)C1. The van der Waals surface area contributed by atoms with Crippen molar-refractivity contribution in [2.75, 3.05) is 39.5 Å². The highest BCUT2D eigenvalue weighted by atomic mass is 16.5. The van der Waals surface area contributed by atoms with Gasteiger partial charge in [-0.25, -0.2) is 0 Å². The quantitative estimate of drug-likeness (QED) is 0.701. The van der Waals surface area contributed by atoms with Gasteiger partial charge in [0, 0.05) is 45.8 Å². The fourth-order valence-corrected chi connectivity index (χ4v) is 3.49. The molecule has 0 saturated carbocycles. The zero-order chi connectivity index (χ0) is 17.5. The van der Waals surface area contributed by atoms with Crippen LogP contribution in [0, 0.1) is 5.92 Å². The van der Waals surface area contributed by atoms with Crippen LogP contribution in [-0.2, 0) is 20.7 Å². The van der Waals surface area contributed by atoms with Crippen LogP contribution >= 0.6 is 0 Å².